The van der Waals surface area contributed by atoms with E-state index in [2.05, 4.69) is 28.2 Å². The van der Waals surface area contributed by atoms with Crippen molar-refractivity contribution in [2.45, 2.75) is 44.4 Å². The fourth-order valence-corrected chi connectivity index (χ4v) is 5.24. The molecular weight excluding hydrogens is 417 g/mol. The Labute approximate surface area is 192 Å². The highest BCUT2D eigenvalue weighted by Gasteiger charge is 2.31. The Kier molecular flexibility index (Phi) is 5.70. The molecule has 1 atom stereocenters. The van der Waals surface area contributed by atoms with Crippen LogP contribution >= 0.6 is 0 Å². The summed E-state index contributed by atoms with van der Waals surface area (Å²) in [5.74, 6) is 2.95. The number of nitrogens with zero attached hydrogens (tertiary/aromatic N) is 4. The number of benzene rings is 2. The standard InChI is InChI=1S/C26H28FN5O/c1-16(25-30-31-26(28)32(25)20-8-10-21(33-2)11-9-20)17-3-5-18(6-4-17)22-13-14-29-24-12-7-19(27)15-23(22)24/h7-18H,3-6H2,1-2H3,(H2,28,31)/t16-,17?,18?/m1/s1. The van der Waals surface area contributed by atoms with Crippen LogP contribution in [-0.2, 0) is 0 Å². The van der Waals surface area contributed by atoms with Crippen LogP contribution in [0, 0.1) is 11.7 Å². The summed E-state index contributed by atoms with van der Waals surface area (Å²) in [6, 6.07) is 14.7. The molecule has 2 heterocycles. The maximum absolute atomic E-state index is 13.9. The van der Waals surface area contributed by atoms with Crippen molar-refractivity contribution >= 4 is 16.9 Å². The molecule has 0 radical (unpaired) electrons. The van der Waals surface area contributed by atoms with Crippen LogP contribution in [0.15, 0.2) is 54.7 Å². The Hall–Kier alpha value is -3.48. The van der Waals surface area contributed by atoms with Gasteiger partial charge in [0.15, 0.2) is 0 Å². The largest absolute Gasteiger partial charge is 0.497 e. The first-order valence-corrected chi connectivity index (χ1v) is 11.4. The van der Waals surface area contributed by atoms with Gasteiger partial charge in [0.25, 0.3) is 0 Å². The quantitative estimate of drug-likeness (QED) is 0.431. The molecule has 0 saturated heterocycles. The summed E-state index contributed by atoms with van der Waals surface area (Å²) in [4.78, 5) is 4.41. The zero-order chi connectivity index (χ0) is 22.9. The molecule has 6 nitrogen and oxygen atoms in total. The normalized spacial score (nSPS) is 19.5. The SMILES string of the molecule is COc1ccc(-n2c(N)nnc2[C@H](C)C2CCC(c3ccnc4ccc(F)cc34)CC2)cc1. The van der Waals surface area contributed by atoms with Crippen LogP contribution < -0.4 is 10.5 Å². The minimum Gasteiger partial charge on any atom is -0.497 e. The number of pyridine rings is 1. The predicted octanol–water partition coefficient (Wildman–Crippen LogP) is 5.62. The Bertz CT molecular complexity index is 1260. The van der Waals surface area contributed by atoms with E-state index >= 15 is 0 Å². The molecule has 1 fully saturated rings. The number of aromatic nitrogens is 4. The number of methoxy groups -OCH3 is 1. The highest BCUT2D eigenvalue weighted by atomic mass is 19.1. The van der Waals surface area contributed by atoms with Crippen LogP contribution in [0.5, 0.6) is 5.75 Å². The Morgan fingerprint density at radius 3 is 2.52 bits per heavy atom. The lowest BCUT2D eigenvalue weighted by Crippen LogP contribution is -2.21. The lowest BCUT2D eigenvalue weighted by molar-refractivity contribution is 0.284. The molecule has 2 aromatic carbocycles. The van der Waals surface area contributed by atoms with E-state index in [1.807, 2.05) is 35.0 Å². The number of hydrogen-bond acceptors (Lipinski definition) is 5. The summed E-state index contributed by atoms with van der Waals surface area (Å²) in [7, 11) is 1.65. The van der Waals surface area contributed by atoms with Crippen LogP contribution in [0.2, 0.25) is 0 Å². The summed E-state index contributed by atoms with van der Waals surface area (Å²) >= 11 is 0. The molecule has 0 bridgehead atoms. The third-order valence-corrected chi connectivity index (χ3v) is 7.11. The summed E-state index contributed by atoms with van der Waals surface area (Å²) in [6.07, 6.45) is 6.08. The molecule has 2 N–H and O–H groups in total. The molecule has 2 aromatic heterocycles. The van der Waals surface area contributed by atoms with Gasteiger partial charge in [-0.1, -0.05) is 6.92 Å². The van der Waals surface area contributed by atoms with Crippen molar-refractivity contribution in [1.29, 1.82) is 0 Å². The topological polar surface area (TPSA) is 78.9 Å². The molecule has 1 aliphatic carbocycles. The van der Waals surface area contributed by atoms with Crippen LogP contribution in [0.1, 0.15) is 55.8 Å². The summed E-state index contributed by atoms with van der Waals surface area (Å²) in [6.45, 7) is 2.21. The molecule has 0 unspecified atom stereocenters. The van der Waals surface area contributed by atoms with E-state index in [0.29, 0.717) is 17.8 Å². The number of nitrogen functional groups attached to an aromatic ring is 1. The first kappa shape index (κ1) is 21.4. The number of rotatable bonds is 5. The highest BCUT2D eigenvalue weighted by Crippen LogP contribution is 2.43. The third-order valence-electron chi connectivity index (χ3n) is 7.11. The Morgan fingerprint density at radius 2 is 1.79 bits per heavy atom. The molecule has 0 amide bonds. The molecule has 7 heteroatoms. The summed E-state index contributed by atoms with van der Waals surface area (Å²) in [5, 5.41) is 9.55. The van der Waals surface area contributed by atoms with Gasteiger partial charge in [-0.15, -0.1) is 10.2 Å². The zero-order valence-electron chi connectivity index (χ0n) is 18.9. The molecule has 33 heavy (non-hydrogen) atoms. The third kappa shape index (κ3) is 4.03. The van der Waals surface area contributed by atoms with Gasteiger partial charge in [0.2, 0.25) is 5.95 Å². The van der Waals surface area contributed by atoms with Gasteiger partial charge in [0, 0.05) is 17.5 Å². The lowest BCUT2D eigenvalue weighted by atomic mass is 9.73. The van der Waals surface area contributed by atoms with Gasteiger partial charge in [0.1, 0.15) is 17.4 Å². The van der Waals surface area contributed by atoms with Crippen LogP contribution in [0.4, 0.5) is 10.3 Å². The van der Waals surface area contributed by atoms with Crippen LogP contribution in [-0.4, -0.2) is 26.9 Å². The first-order chi connectivity index (χ1) is 16.0. The van der Waals surface area contributed by atoms with Crippen molar-refractivity contribution in [3.8, 4) is 11.4 Å². The average molecular weight is 446 g/mol. The van der Waals surface area contributed by atoms with Gasteiger partial charge in [-0.2, -0.15) is 0 Å². The van der Waals surface area contributed by atoms with Crippen molar-refractivity contribution in [3.63, 3.8) is 0 Å². The fraction of sp³-hybridized carbons (Fsp3) is 0.346. The van der Waals surface area contributed by atoms with E-state index in [9.17, 15) is 4.39 Å². The minimum atomic E-state index is -0.213. The minimum absolute atomic E-state index is 0.212. The molecule has 0 aliphatic heterocycles. The van der Waals surface area contributed by atoms with Gasteiger partial charge < -0.3 is 10.5 Å². The molecule has 5 rings (SSSR count). The highest BCUT2D eigenvalue weighted by molar-refractivity contribution is 5.82. The van der Waals surface area contributed by atoms with E-state index in [-0.39, 0.29) is 11.7 Å². The maximum Gasteiger partial charge on any atom is 0.226 e. The summed E-state index contributed by atoms with van der Waals surface area (Å²) in [5.41, 5.74) is 9.18. The molecular formula is C26H28FN5O. The fourth-order valence-electron chi connectivity index (χ4n) is 5.24. The second kappa shape index (κ2) is 8.81. The van der Waals surface area contributed by atoms with E-state index in [1.165, 1.54) is 11.6 Å². The number of nitrogens with two attached hydrogens (primary N) is 1. The molecule has 4 aromatic rings. The van der Waals surface area contributed by atoms with Crippen molar-refractivity contribution < 1.29 is 9.13 Å². The van der Waals surface area contributed by atoms with Gasteiger partial charge in [-0.05, 0) is 91.6 Å². The Balaban J connectivity index is 1.35. The molecule has 0 spiro atoms. The van der Waals surface area contributed by atoms with Crippen LogP contribution in [0.3, 0.4) is 0 Å². The monoisotopic (exact) mass is 445 g/mol. The number of halogens is 1. The van der Waals surface area contributed by atoms with Crippen molar-refractivity contribution in [2.24, 2.45) is 5.92 Å². The smallest absolute Gasteiger partial charge is 0.226 e. The molecule has 1 saturated carbocycles. The molecule has 170 valence electrons. The zero-order valence-corrected chi connectivity index (χ0v) is 18.9. The molecule has 1 aliphatic rings. The predicted molar refractivity (Wildman–Crippen MR) is 127 cm³/mol. The van der Waals surface area contributed by atoms with E-state index < -0.39 is 0 Å². The number of ether oxygens (including phenoxy) is 1. The second-order valence-corrected chi connectivity index (χ2v) is 8.91. The summed E-state index contributed by atoms with van der Waals surface area (Å²) < 4.78 is 21.1. The van der Waals surface area contributed by atoms with E-state index in [1.54, 1.807) is 19.2 Å². The van der Waals surface area contributed by atoms with Crippen LogP contribution in [0.25, 0.3) is 16.6 Å². The van der Waals surface area contributed by atoms with Gasteiger partial charge in [-0.3, -0.25) is 9.55 Å². The maximum atomic E-state index is 13.9. The lowest BCUT2D eigenvalue weighted by Gasteiger charge is -2.32. The number of anilines is 1. The average Bonchev–Trinajstić information content (AvgIpc) is 3.24. The van der Waals surface area contributed by atoms with Gasteiger partial charge >= 0.3 is 0 Å². The van der Waals surface area contributed by atoms with Crippen molar-refractivity contribution in [2.75, 3.05) is 12.8 Å². The van der Waals surface area contributed by atoms with E-state index in [0.717, 1.165) is 53.8 Å². The van der Waals surface area contributed by atoms with E-state index in [4.69, 9.17) is 10.5 Å². The van der Waals surface area contributed by atoms with Gasteiger partial charge in [-0.25, -0.2) is 4.39 Å². The number of hydrogen-bond donors (Lipinski definition) is 1. The number of fused-ring (bicyclic) bond motifs is 1. The van der Waals surface area contributed by atoms with Gasteiger partial charge in [0.05, 0.1) is 18.3 Å². The van der Waals surface area contributed by atoms with Crippen molar-refractivity contribution in [3.05, 3.63) is 71.9 Å². The van der Waals surface area contributed by atoms with Crippen molar-refractivity contribution in [1.82, 2.24) is 19.7 Å². The first-order valence-electron chi connectivity index (χ1n) is 11.4. The Morgan fingerprint density at radius 1 is 1.03 bits per heavy atom. The second-order valence-electron chi connectivity index (χ2n) is 8.91.